The molecule has 0 atom stereocenters. The monoisotopic (exact) mass is 352 g/mol. The van der Waals surface area contributed by atoms with Gasteiger partial charge in [-0.05, 0) is 25.0 Å². The van der Waals surface area contributed by atoms with Gasteiger partial charge in [0.15, 0.2) is 0 Å². The molecule has 1 fully saturated rings. The number of methoxy groups -OCH3 is 2. The second-order valence-electron chi connectivity index (χ2n) is 5.50. The molecule has 3 rings (SSSR count). The molecule has 1 aromatic heterocycles. The van der Waals surface area contributed by atoms with Gasteiger partial charge in [-0.15, -0.1) is 0 Å². The van der Waals surface area contributed by atoms with Crippen molar-refractivity contribution in [3.8, 4) is 11.5 Å². The first-order chi connectivity index (χ1) is 11.6. The Morgan fingerprint density at radius 1 is 1.08 bits per heavy atom. The summed E-state index contributed by atoms with van der Waals surface area (Å²) in [6.45, 7) is 0.823. The van der Waals surface area contributed by atoms with E-state index in [9.17, 15) is 8.42 Å². The van der Waals surface area contributed by atoms with Crippen LogP contribution < -0.4 is 9.47 Å². The summed E-state index contributed by atoms with van der Waals surface area (Å²) in [4.78, 5) is 1.77. The van der Waals surface area contributed by atoms with E-state index in [1.165, 1.54) is 24.6 Å². The third-order valence-corrected chi connectivity index (χ3v) is 6.10. The van der Waals surface area contributed by atoms with Crippen LogP contribution in [0.4, 0.5) is 0 Å². The fourth-order valence-electron chi connectivity index (χ4n) is 2.85. The first kappa shape index (κ1) is 16.7. The highest BCUT2D eigenvalue weighted by molar-refractivity contribution is 7.89. The average Bonchev–Trinajstić information content (AvgIpc) is 3.16. The van der Waals surface area contributed by atoms with Gasteiger partial charge in [0.2, 0.25) is 10.0 Å². The number of piperidine rings is 1. The Labute approximate surface area is 141 Å². The van der Waals surface area contributed by atoms with E-state index < -0.39 is 10.0 Å². The lowest BCUT2D eigenvalue weighted by Gasteiger charge is -2.31. The Bertz CT molecular complexity index is 784. The molecule has 0 spiro atoms. The van der Waals surface area contributed by atoms with E-state index in [0.29, 0.717) is 37.4 Å². The molecular formula is C15H20N4O4S. The second-order valence-corrected chi connectivity index (χ2v) is 7.41. The van der Waals surface area contributed by atoms with E-state index >= 15 is 0 Å². The summed E-state index contributed by atoms with van der Waals surface area (Å²) >= 11 is 0. The van der Waals surface area contributed by atoms with Crippen LogP contribution in [-0.4, -0.2) is 55.0 Å². The number of aromatic nitrogens is 3. The number of sulfonamides is 1. The zero-order valence-electron chi connectivity index (χ0n) is 13.6. The minimum atomic E-state index is -3.65. The van der Waals surface area contributed by atoms with Gasteiger partial charge < -0.3 is 9.47 Å². The Morgan fingerprint density at radius 2 is 1.75 bits per heavy atom. The van der Waals surface area contributed by atoms with Crippen LogP contribution in [-0.2, 0) is 10.0 Å². The van der Waals surface area contributed by atoms with E-state index in [4.69, 9.17) is 9.47 Å². The van der Waals surface area contributed by atoms with Gasteiger partial charge in [-0.25, -0.2) is 8.42 Å². The zero-order valence-corrected chi connectivity index (χ0v) is 14.4. The second kappa shape index (κ2) is 6.78. The van der Waals surface area contributed by atoms with Crippen LogP contribution in [0.15, 0.2) is 35.5 Å². The van der Waals surface area contributed by atoms with Crippen molar-refractivity contribution in [2.75, 3.05) is 27.3 Å². The predicted octanol–water partition coefficient (Wildman–Crippen LogP) is 1.32. The van der Waals surface area contributed by atoms with E-state index in [0.717, 1.165) is 0 Å². The fourth-order valence-corrected chi connectivity index (χ4v) is 4.49. The third kappa shape index (κ3) is 3.09. The number of rotatable bonds is 5. The number of benzene rings is 1. The molecule has 8 nitrogen and oxygen atoms in total. The lowest BCUT2D eigenvalue weighted by atomic mass is 10.1. The van der Waals surface area contributed by atoms with Crippen LogP contribution in [0.25, 0.3) is 0 Å². The van der Waals surface area contributed by atoms with Gasteiger partial charge in [0, 0.05) is 19.2 Å². The molecule has 0 aliphatic carbocycles. The number of hydrogen-bond donors (Lipinski definition) is 0. The van der Waals surface area contributed by atoms with Crippen LogP contribution in [0.5, 0.6) is 11.5 Å². The third-order valence-electron chi connectivity index (χ3n) is 4.18. The van der Waals surface area contributed by atoms with Crippen LogP contribution >= 0.6 is 0 Å². The van der Waals surface area contributed by atoms with Crippen molar-refractivity contribution in [2.24, 2.45) is 0 Å². The van der Waals surface area contributed by atoms with Crippen molar-refractivity contribution in [1.82, 2.24) is 19.3 Å². The first-order valence-electron chi connectivity index (χ1n) is 7.64. The molecule has 0 saturated carbocycles. The number of ether oxygens (including phenoxy) is 2. The molecule has 0 radical (unpaired) electrons. The maximum absolute atomic E-state index is 13.0. The Balaban J connectivity index is 1.82. The number of hydrogen-bond acceptors (Lipinski definition) is 6. The lowest BCUT2D eigenvalue weighted by molar-refractivity contribution is 0.244. The summed E-state index contributed by atoms with van der Waals surface area (Å²) in [5.41, 5.74) is 0. The minimum absolute atomic E-state index is 0.124. The first-order valence-corrected chi connectivity index (χ1v) is 9.08. The van der Waals surface area contributed by atoms with Gasteiger partial charge in [0.05, 0.1) is 32.7 Å². The minimum Gasteiger partial charge on any atom is -0.497 e. The maximum Gasteiger partial charge on any atom is 0.246 e. The summed E-state index contributed by atoms with van der Waals surface area (Å²) in [7, 11) is -0.696. The van der Waals surface area contributed by atoms with Crippen molar-refractivity contribution in [3.63, 3.8) is 0 Å². The van der Waals surface area contributed by atoms with Crippen LogP contribution in [0.3, 0.4) is 0 Å². The topological polar surface area (TPSA) is 86.5 Å². The van der Waals surface area contributed by atoms with E-state index in [2.05, 4.69) is 10.2 Å². The molecule has 0 bridgehead atoms. The van der Waals surface area contributed by atoms with Crippen molar-refractivity contribution in [1.29, 1.82) is 0 Å². The Hall–Kier alpha value is -2.13. The van der Waals surface area contributed by atoms with Gasteiger partial charge in [0.1, 0.15) is 16.4 Å². The molecule has 2 heterocycles. The van der Waals surface area contributed by atoms with Gasteiger partial charge in [0.25, 0.3) is 0 Å². The fraction of sp³-hybridized carbons (Fsp3) is 0.467. The molecule has 1 saturated heterocycles. The molecule has 0 N–H and O–H groups in total. The maximum atomic E-state index is 13.0. The van der Waals surface area contributed by atoms with Crippen LogP contribution in [0, 0.1) is 0 Å². The standard InChI is InChI=1S/C15H20N4O4S/c1-22-13-3-4-14(23-2)15(11-13)24(20,21)18-9-5-12(6-10-18)19-16-7-8-17-19/h3-4,7-8,11-12H,5-6,9-10H2,1-2H3. The summed E-state index contributed by atoms with van der Waals surface area (Å²) in [5, 5.41) is 8.27. The molecule has 1 aliphatic heterocycles. The Morgan fingerprint density at radius 3 is 2.33 bits per heavy atom. The molecule has 9 heteroatoms. The molecule has 24 heavy (non-hydrogen) atoms. The van der Waals surface area contributed by atoms with E-state index in [1.807, 2.05) is 0 Å². The quantitative estimate of drug-likeness (QED) is 0.807. The molecule has 2 aromatic rings. The van der Waals surface area contributed by atoms with Gasteiger partial charge in [-0.1, -0.05) is 0 Å². The predicted molar refractivity (Wildman–Crippen MR) is 86.6 cm³/mol. The summed E-state index contributed by atoms with van der Waals surface area (Å²) in [5.74, 6) is 0.789. The molecule has 0 amide bonds. The van der Waals surface area contributed by atoms with E-state index in [1.54, 1.807) is 29.3 Å². The Kier molecular flexibility index (Phi) is 4.72. The van der Waals surface area contributed by atoms with Gasteiger partial charge in [-0.3, -0.25) is 0 Å². The lowest BCUT2D eigenvalue weighted by Crippen LogP contribution is -2.39. The smallest absolute Gasteiger partial charge is 0.246 e. The highest BCUT2D eigenvalue weighted by Gasteiger charge is 2.32. The van der Waals surface area contributed by atoms with Crippen molar-refractivity contribution < 1.29 is 17.9 Å². The zero-order chi connectivity index (χ0) is 17.2. The summed E-state index contributed by atoms with van der Waals surface area (Å²) in [6.07, 6.45) is 4.59. The number of nitrogens with zero attached hydrogens (tertiary/aromatic N) is 4. The molecule has 130 valence electrons. The SMILES string of the molecule is COc1ccc(OC)c(S(=O)(=O)N2CCC(n3nccn3)CC2)c1. The largest absolute Gasteiger partial charge is 0.497 e. The summed E-state index contributed by atoms with van der Waals surface area (Å²) < 4.78 is 37.8. The molecule has 1 aromatic carbocycles. The highest BCUT2D eigenvalue weighted by Crippen LogP contribution is 2.33. The summed E-state index contributed by atoms with van der Waals surface area (Å²) in [6, 6.07) is 4.90. The van der Waals surface area contributed by atoms with Gasteiger partial charge in [-0.2, -0.15) is 19.3 Å². The highest BCUT2D eigenvalue weighted by atomic mass is 32.2. The van der Waals surface area contributed by atoms with Crippen molar-refractivity contribution in [2.45, 2.75) is 23.8 Å². The molecule has 0 unspecified atom stereocenters. The van der Waals surface area contributed by atoms with Crippen molar-refractivity contribution in [3.05, 3.63) is 30.6 Å². The van der Waals surface area contributed by atoms with Crippen LogP contribution in [0.1, 0.15) is 18.9 Å². The van der Waals surface area contributed by atoms with E-state index in [-0.39, 0.29) is 10.9 Å². The normalized spacial score (nSPS) is 16.9. The molecular weight excluding hydrogens is 332 g/mol. The van der Waals surface area contributed by atoms with Crippen molar-refractivity contribution >= 4 is 10.0 Å². The van der Waals surface area contributed by atoms with Crippen LogP contribution in [0.2, 0.25) is 0 Å². The average molecular weight is 352 g/mol. The van der Waals surface area contributed by atoms with Gasteiger partial charge >= 0.3 is 0 Å². The molecule has 1 aliphatic rings.